The van der Waals surface area contributed by atoms with Gasteiger partial charge in [-0.05, 0) is 55.4 Å². The molecule has 1 atom stereocenters. The molecule has 1 saturated heterocycles. The maximum Gasteiger partial charge on any atom is 0.263 e. The highest BCUT2D eigenvalue weighted by Crippen LogP contribution is 2.26. The van der Waals surface area contributed by atoms with E-state index < -0.39 is 0 Å². The number of carbonyl (C=O) groups excluding carboxylic acids is 1. The summed E-state index contributed by atoms with van der Waals surface area (Å²) in [6.45, 7) is 4.59. The molecule has 0 saturated carbocycles. The average molecular weight is 303 g/mol. The minimum atomic E-state index is -0.389. The van der Waals surface area contributed by atoms with E-state index in [9.17, 15) is 4.79 Å². The first-order valence-electron chi connectivity index (χ1n) is 8.43. The normalized spacial score (nSPS) is 19.4. The van der Waals surface area contributed by atoms with Crippen molar-refractivity contribution in [2.24, 2.45) is 0 Å². The molecule has 1 aromatic rings. The highest BCUT2D eigenvalue weighted by atomic mass is 16.5. The van der Waals surface area contributed by atoms with Crippen molar-refractivity contribution < 1.29 is 14.3 Å². The van der Waals surface area contributed by atoms with Crippen LogP contribution in [0.4, 0.5) is 0 Å². The number of aryl methyl sites for hydroxylation is 2. The molecule has 0 spiro atoms. The largest absolute Gasteiger partial charge is 0.481 e. The molecular formula is C18H25NO3. The van der Waals surface area contributed by atoms with Crippen molar-refractivity contribution in [1.29, 1.82) is 0 Å². The minimum Gasteiger partial charge on any atom is -0.481 e. The molecule has 1 amide bonds. The second-order valence-electron chi connectivity index (χ2n) is 6.09. The Morgan fingerprint density at radius 3 is 2.68 bits per heavy atom. The van der Waals surface area contributed by atoms with E-state index in [0.29, 0.717) is 32.7 Å². The lowest BCUT2D eigenvalue weighted by atomic mass is 9.92. The predicted octanol–water partition coefficient (Wildman–Crippen LogP) is 2.58. The fourth-order valence-corrected chi connectivity index (χ4v) is 3.24. The Labute approximate surface area is 132 Å². The molecule has 1 heterocycles. The number of amides is 1. The first kappa shape index (κ1) is 15.3. The minimum absolute atomic E-state index is 0.0866. The Balaban J connectivity index is 1.68. The van der Waals surface area contributed by atoms with Crippen LogP contribution in [-0.4, -0.2) is 43.2 Å². The van der Waals surface area contributed by atoms with E-state index in [2.05, 4.69) is 12.1 Å². The Hall–Kier alpha value is -1.55. The fraction of sp³-hybridized carbons (Fsp3) is 0.611. The van der Waals surface area contributed by atoms with Crippen LogP contribution in [0.2, 0.25) is 0 Å². The van der Waals surface area contributed by atoms with Crippen LogP contribution in [0, 0.1) is 0 Å². The van der Waals surface area contributed by atoms with Gasteiger partial charge in [-0.3, -0.25) is 4.79 Å². The van der Waals surface area contributed by atoms with Crippen molar-refractivity contribution in [3.8, 4) is 5.75 Å². The van der Waals surface area contributed by atoms with E-state index in [1.54, 1.807) is 0 Å². The number of rotatable bonds is 4. The van der Waals surface area contributed by atoms with Gasteiger partial charge in [0, 0.05) is 13.1 Å². The van der Waals surface area contributed by atoms with E-state index >= 15 is 0 Å². The number of fused-ring (bicyclic) bond motifs is 1. The molecule has 0 bridgehead atoms. The summed E-state index contributed by atoms with van der Waals surface area (Å²) in [6.07, 6.45) is 5.12. The fourth-order valence-electron chi connectivity index (χ4n) is 3.24. The third kappa shape index (κ3) is 3.43. The van der Waals surface area contributed by atoms with Crippen LogP contribution in [0.3, 0.4) is 0 Å². The molecule has 1 aliphatic heterocycles. The van der Waals surface area contributed by atoms with Crippen molar-refractivity contribution in [1.82, 2.24) is 4.90 Å². The smallest absolute Gasteiger partial charge is 0.263 e. The molecule has 3 rings (SSSR count). The van der Waals surface area contributed by atoms with Crippen molar-refractivity contribution >= 4 is 5.91 Å². The predicted molar refractivity (Wildman–Crippen MR) is 85.2 cm³/mol. The van der Waals surface area contributed by atoms with E-state index in [-0.39, 0.29) is 12.0 Å². The molecule has 1 aromatic carbocycles. The van der Waals surface area contributed by atoms with Crippen LogP contribution in [-0.2, 0) is 22.4 Å². The van der Waals surface area contributed by atoms with Gasteiger partial charge in [-0.2, -0.15) is 0 Å². The number of nitrogens with zero attached hydrogens (tertiary/aromatic N) is 1. The third-order valence-electron chi connectivity index (χ3n) is 4.57. The van der Waals surface area contributed by atoms with E-state index in [4.69, 9.17) is 9.47 Å². The summed E-state index contributed by atoms with van der Waals surface area (Å²) in [4.78, 5) is 14.4. The molecule has 4 nitrogen and oxygen atoms in total. The monoisotopic (exact) mass is 303 g/mol. The van der Waals surface area contributed by atoms with Crippen LogP contribution in [0.5, 0.6) is 5.75 Å². The van der Waals surface area contributed by atoms with Crippen molar-refractivity contribution in [2.75, 3.05) is 26.3 Å². The second kappa shape index (κ2) is 7.14. The number of hydrogen-bond acceptors (Lipinski definition) is 3. The first-order chi connectivity index (χ1) is 10.8. The van der Waals surface area contributed by atoms with Crippen molar-refractivity contribution in [2.45, 2.75) is 45.1 Å². The van der Waals surface area contributed by atoms with Gasteiger partial charge in [0.05, 0.1) is 13.2 Å². The number of ether oxygens (including phenoxy) is 2. The van der Waals surface area contributed by atoms with E-state index in [1.165, 1.54) is 30.4 Å². The second-order valence-corrected chi connectivity index (χ2v) is 6.09. The van der Waals surface area contributed by atoms with Gasteiger partial charge in [-0.1, -0.05) is 13.0 Å². The van der Waals surface area contributed by atoms with Crippen LogP contribution < -0.4 is 4.74 Å². The molecular weight excluding hydrogens is 278 g/mol. The first-order valence-corrected chi connectivity index (χ1v) is 8.43. The summed E-state index contributed by atoms with van der Waals surface area (Å²) in [5, 5.41) is 0. The van der Waals surface area contributed by atoms with Gasteiger partial charge in [0.15, 0.2) is 6.10 Å². The number of benzene rings is 1. The SMILES string of the molecule is CC[C@@H](Oc1ccc2c(c1)CCCC2)C(=O)N1CCOCC1. The topological polar surface area (TPSA) is 38.8 Å². The average Bonchev–Trinajstić information content (AvgIpc) is 2.59. The zero-order valence-electron chi connectivity index (χ0n) is 13.3. The zero-order valence-corrected chi connectivity index (χ0v) is 13.3. The van der Waals surface area contributed by atoms with Crippen LogP contribution in [0.1, 0.15) is 37.3 Å². The molecule has 22 heavy (non-hydrogen) atoms. The molecule has 1 aliphatic carbocycles. The van der Waals surface area contributed by atoms with E-state index in [0.717, 1.165) is 12.2 Å². The van der Waals surface area contributed by atoms with Gasteiger partial charge < -0.3 is 14.4 Å². The number of hydrogen-bond donors (Lipinski definition) is 0. The molecule has 0 aromatic heterocycles. The Morgan fingerprint density at radius 1 is 1.23 bits per heavy atom. The molecule has 0 unspecified atom stereocenters. The molecule has 120 valence electrons. The lowest BCUT2D eigenvalue weighted by molar-refractivity contribution is -0.142. The summed E-state index contributed by atoms with van der Waals surface area (Å²) in [6, 6.07) is 6.30. The lowest BCUT2D eigenvalue weighted by Crippen LogP contribution is -2.47. The third-order valence-corrected chi connectivity index (χ3v) is 4.57. The molecule has 2 aliphatic rings. The van der Waals surface area contributed by atoms with Gasteiger partial charge in [0.2, 0.25) is 0 Å². The van der Waals surface area contributed by atoms with E-state index in [1.807, 2.05) is 17.9 Å². The van der Waals surface area contributed by atoms with Crippen molar-refractivity contribution in [3.63, 3.8) is 0 Å². The van der Waals surface area contributed by atoms with Gasteiger partial charge in [0.25, 0.3) is 5.91 Å². The zero-order chi connectivity index (χ0) is 15.4. The Kier molecular flexibility index (Phi) is 4.98. The van der Waals surface area contributed by atoms with Gasteiger partial charge in [0.1, 0.15) is 5.75 Å². The maximum atomic E-state index is 12.6. The molecule has 1 fully saturated rings. The number of morpholine rings is 1. The maximum absolute atomic E-state index is 12.6. The summed E-state index contributed by atoms with van der Waals surface area (Å²) in [5.74, 6) is 0.914. The quantitative estimate of drug-likeness (QED) is 0.858. The summed E-state index contributed by atoms with van der Waals surface area (Å²) < 4.78 is 11.3. The Bertz CT molecular complexity index is 523. The highest BCUT2D eigenvalue weighted by molar-refractivity contribution is 5.81. The highest BCUT2D eigenvalue weighted by Gasteiger charge is 2.26. The molecule has 0 N–H and O–H groups in total. The Morgan fingerprint density at radius 2 is 1.95 bits per heavy atom. The van der Waals surface area contributed by atoms with Crippen LogP contribution in [0.15, 0.2) is 18.2 Å². The summed E-state index contributed by atoms with van der Waals surface area (Å²) in [5.41, 5.74) is 2.82. The van der Waals surface area contributed by atoms with Gasteiger partial charge >= 0.3 is 0 Å². The summed E-state index contributed by atoms with van der Waals surface area (Å²) in [7, 11) is 0. The summed E-state index contributed by atoms with van der Waals surface area (Å²) >= 11 is 0. The standard InChI is InChI=1S/C18H25NO3/c1-2-17(18(20)19-9-11-21-12-10-19)22-16-8-7-14-5-3-4-6-15(14)13-16/h7-8,13,17H,2-6,9-12H2,1H3/t17-/m1/s1. The molecule has 4 heteroatoms. The lowest BCUT2D eigenvalue weighted by Gasteiger charge is -2.30. The van der Waals surface area contributed by atoms with Crippen LogP contribution >= 0.6 is 0 Å². The molecule has 0 radical (unpaired) electrons. The van der Waals surface area contributed by atoms with Crippen LogP contribution in [0.25, 0.3) is 0 Å². The number of carbonyl (C=O) groups is 1. The van der Waals surface area contributed by atoms with Crippen molar-refractivity contribution in [3.05, 3.63) is 29.3 Å². The van der Waals surface area contributed by atoms with Gasteiger partial charge in [-0.25, -0.2) is 0 Å². The van der Waals surface area contributed by atoms with Gasteiger partial charge in [-0.15, -0.1) is 0 Å².